The lowest BCUT2D eigenvalue weighted by Crippen LogP contribution is -2.34. The van der Waals surface area contributed by atoms with Crippen LogP contribution in [0.15, 0.2) is 0 Å². The van der Waals surface area contributed by atoms with Crippen molar-refractivity contribution < 1.29 is 62.3 Å². The van der Waals surface area contributed by atoms with E-state index in [0.29, 0.717) is 90.8 Å². The molecule has 0 heterocycles. The summed E-state index contributed by atoms with van der Waals surface area (Å²) in [6.07, 6.45) is 17.6. The minimum absolute atomic E-state index is 0.0482. The number of carbonyl (C=O) groups excluding carboxylic acids is 6. The number of hydrogen-bond donors (Lipinski definition) is 1. The normalized spacial score (nSPS) is 11.1. The Morgan fingerprint density at radius 1 is 0.393 bits per heavy atom. The highest BCUT2D eigenvalue weighted by molar-refractivity contribution is 7.98. The Balaban J connectivity index is 4.45. The third-order valence-corrected chi connectivity index (χ3v) is 10.6. The number of unbranched alkanes of at least 4 members (excludes halogenated alkanes) is 10. The molecule has 0 unspecified atom stereocenters. The maximum Gasteiger partial charge on any atom is 0.320 e. The van der Waals surface area contributed by atoms with Crippen LogP contribution in [0.3, 0.4) is 0 Å². The summed E-state index contributed by atoms with van der Waals surface area (Å²) in [5.41, 5.74) is 0. The topological polar surface area (TPSA) is 185 Å². The smallest absolute Gasteiger partial charge is 0.320 e. The van der Waals surface area contributed by atoms with E-state index in [4.69, 9.17) is 33.5 Å². The summed E-state index contributed by atoms with van der Waals surface area (Å²) in [5.74, 6) is -0.336. The van der Waals surface area contributed by atoms with Crippen molar-refractivity contribution in [2.75, 3.05) is 110 Å². The summed E-state index contributed by atoms with van der Waals surface area (Å²) in [6, 6.07) is 0. The number of ether oxygens (including phenoxy) is 6. The van der Waals surface area contributed by atoms with Gasteiger partial charge in [0.2, 0.25) is 0 Å². The van der Waals surface area contributed by atoms with E-state index in [1.54, 1.807) is 23.5 Å². The average Bonchev–Trinajstić information content (AvgIpc) is 3.25. The quantitative estimate of drug-likeness (QED) is 0.0403. The van der Waals surface area contributed by atoms with Gasteiger partial charge in [0.05, 0.1) is 78.3 Å². The van der Waals surface area contributed by atoms with E-state index >= 15 is 0 Å². The van der Waals surface area contributed by atoms with Crippen molar-refractivity contribution in [2.24, 2.45) is 0 Å². The second-order valence-electron chi connectivity index (χ2n) is 14.8. The molecule has 0 spiro atoms. The molecular weight excluding hydrogens is 829 g/mol. The van der Waals surface area contributed by atoms with Crippen molar-refractivity contribution in [3.63, 3.8) is 0 Å². The number of nitrogens with zero attached hydrogens (tertiary/aromatic N) is 2. The summed E-state index contributed by atoms with van der Waals surface area (Å²) in [5, 5.41) is 9.06. The van der Waals surface area contributed by atoms with E-state index in [-0.39, 0.29) is 94.7 Å². The van der Waals surface area contributed by atoms with Crippen LogP contribution in [-0.2, 0) is 57.2 Å². The summed E-state index contributed by atoms with van der Waals surface area (Å²) < 4.78 is 31.9. The predicted molar refractivity (Wildman–Crippen MR) is 240 cm³/mol. The number of rotatable bonds is 44. The van der Waals surface area contributed by atoms with Gasteiger partial charge in [-0.25, -0.2) is 0 Å². The van der Waals surface area contributed by atoms with Crippen LogP contribution in [0.5, 0.6) is 0 Å². The lowest BCUT2D eigenvalue weighted by Gasteiger charge is -2.21. The fourth-order valence-corrected chi connectivity index (χ4v) is 6.52. The van der Waals surface area contributed by atoms with Gasteiger partial charge in [-0.1, -0.05) is 45.4 Å². The van der Waals surface area contributed by atoms with Crippen LogP contribution >= 0.6 is 23.5 Å². The first-order chi connectivity index (χ1) is 29.6. The summed E-state index contributed by atoms with van der Waals surface area (Å²) in [4.78, 5) is 77.2. The predicted octanol–water partition coefficient (Wildman–Crippen LogP) is 6.39. The molecule has 0 aliphatic rings. The van der Waals surface area contributed by atoms with Crippen LogP contribution in [0.4, 0.5) is 0 Å². The second-order valence-corrected chi connectivity index (χ2v) is 16.8. The molecule has 0 saturated carbocycles. The van der Waals surface area contributed by atoms with Crippen LogP contribution in [0, 0.1) is 0 Å². The highest BCUT2D eigenvalue weighted by Crippen LogP contribution is 2.08. The molecule has 0 aromatic rings. The second kappa shape index (κ2) is 44.0. The zero-order valence-corrected chi connectivity index (χ0v) is 39.4. The van der Waals surface area contributed by atoms with Crippen LogP contribution in [-0.4, -0.2) is 160 Å². The van der Waals surface area contributed by atoms with Crippen LogP contribution in [0.25, 0.3) is 0 Å². The van der Waals surface area contributed by atoms with E-state index < -0.39 is 0 Å². The Hall–Kier alpha value is -2.60. The number of esters is 6. The van der Waals surface area contributed by atoms with Crippen molar-refractivity contribution in [3.05, 3.63) is 0 Å². The fraction of sp³-hybridized carbons (Fsp3) is 0.864. The SMILES string of the molecule is CCCCCCCN(CCC(=O)OCCCCOC(=O)CCSC)CCC(=O)OCCCCOC(=O)CCN(CCCCCCO)CC(=O)OCCCCOC(=O)CCSC. The minimum atomic E-state index is -0.382. The van der Waals surface area contributed by atoms with Gasteiger partial charge in [0.25, 0.3) is 0 Å². The minimum Gasteiger partial charge on any atom is -0.466 e. The zero-order chi connectivity index (χ0) is 45.0. The molecule has 1 N–H and O–H groups in total. The van der Waals surface area contributed by atoms with Gasteiger partial charge in [-0.05, 0) is 83.4 Å². The Labute approximate surface area is 375 Å². The molecule has 0 aromatic carbocycles. The molecule has 0 fully saturated rings. The van der Waals surface area contributed by atoms with Crippen LogP contribution in [0.1, 0.15) is 135 Å². The average molecular weight is 909 g/mol. The molecule has 356 valence electrons. The fourth-order valence-electron chi connectivity index (χ4n) is 5.78. The molecule has 0 radical (unpaired) electrons. The van der Waals surface area contributed by atoms with Crippen molar-refractivity contribution in [2.45, 2.75) is 135 Å². The van der Waals surface area contributed by atoms with Gasteiger partial charge in [-0.2, -0.15) is 23.5 Å². The van der Waals surface area contributed by atoms with E-state index in [0.717, 1.165) is 69.4 Å². The first kappa shape index (κ1) is 58.4. The lowest BCUT2D eigenvalue weighted by molar-refractivity contribution is -0.148. The van der Waals surface area contributed by atoms with Crippen LogP contribution in [0.2, 0.25) is 0 Å². The van der Waals surface area contributed by atoms with Crippen LogP contribution < -0.4 is 0 Å². The van der Waals surface area contributed by atoms with E-state index in [1.807, 2.05) is 17.4 Å². The maximum absolute atomic E-state index is 12.5. The standard InChI is InChI=1S/C44H80N2O13S2/c1-4-5-6-7-10-24-45(27-20-40(49)55-31-15-16-33-57-42(51)22-36-60-2)26-19-39(48)54-30-13-14-32-56-41(50)21-28-46(25-11-8-9-12-29-47)38-44(53)59-35-18-17-34-58-43(52)23-37-61-3/h47H,4-38H2,1-3H3. The molecule has 0 aliphatic heterocycles. The third-order valence-electron chi connectivity index (χ3n) is 9.42. The van der Waals surface area contributed by atoms with Crippen molar-refractivity contribution in [1.29, 1.82) is 0 Å². The summed E-state index contributed by atoms with van der Waals surface area (Å²) >= 11 is 3.18. The van der Waals surface area contributed by atoms with Gasteiger partial charge in [0.1, 0.15) is 0 Å². The monoisotopic (exact) mass is 909 g/mol. The number of carbonyl (C=O) groups is 6. The Bertz CT molecular complexity index is 1140. The Kier molecular flexibility index (Phi) is 42.1. The number of hydrogen-bond acceptors (Lipinski definition) is 17. The molecule has 15 nitrogen and oxygen atoms in total. The molecule has 61 heavy (non-hydrogen) atoms. The molecule has 17 heteroatoms. The van der Waals surface area contributed by atoms with Gasteiger partial charge in [-0.3, -0.25) is 33.7 Å². The van der Waals surface area contributed by atoms with Crippen molar-refractivity contribution in [3.8, 4) is 0 Å². The van der Waals surface area contributed by atoms with E-state index in [9.17, 15) is 28.8 Å². The molecule has 0 amide bonds. The van der Waals surface area contributed by atoms with Gasteiger partial charge in [0.15, 0.2) is 0 Å². The summed E-state index contributed by atoms with van der Waals surface area (Å²) in [7, 11) is 0. The molecule has 0 bridgehead atoms. The molecular formula is C44H80N2O13S2. The number of aliphatic hydroxyl groups is 1. The lowest BCUT2D eigenvalue weighted by atomic mass is 10.1. The highest BCUT2D eigenvalue weighted by Gasteiger charge is 2.16. The van der Waals surface area contributed by atoms with Gasteiger partial charge in [0, 0.05) is 37.7 Å². The van der Waals surface area contributed by atoms with Gasteiger partial charge >= 0.3 is 35.8 Å². The van der Waals surface area contributed by atoms with Gasteiger partial charge in [-0.15, -0.1) is 0 Å². The molecule has 0 saturated heterocycles. The Morgan fingerprint density at radius 2 is 0.721 bits per heavy atom. The maximum atomic E-state index is 12.5. The van der Waals surface area contributed by atoms with Gasteiger partial charge < -0.3 is 38.4 Å². The zero-order valence-electron chi connectivity index (χ0n) is 37.8. The largest absolute Gasteiger partial charge is 0.466 e. The first-order valence-electron chi connectivity index (χ1n) is 22.6. The highest BCUT2D eigenvalue weighted by atomic mass is 32.2. The van der Waals surface area contributed by atoms with Crippen molar-refractivity contribution in [1.82, 2.24) is 9.80 Å². The molecule has 0 atom stereocenters. The molecule has 0 aliphatic carbocycles. The molecule has 0 aromatic heterocycles. The number of aliphatic hydroxyl groups excluding tert-OH is 1. The molecule has 0 rings (SSSR count). The summed E-state index contributed by atoms with van der Waals surface area (Å²) in [6.45, 7) is 6.59. The third kappa shape index (κ3) is 41.2. The number of thioether (sulfide) groups is 2. The first-order valence-corrected chi connectivity index (χ1v) is 25.4. The van der Waals surface area contributed by atoms with E-state index in [1.165, 1.54) is 6.42 Å². The van der Waals surface area contributed by atoms with E-state index in [2.05, 4.69) is 11.8 Å². The Morgan fingerprint density at radius 3 is 1.10 bits per heavy atom. The van der Waals surface area contributed by atoms with Crippen molar-refractivity contribution >= 4 is 59.3 Å².